The molecule has 0 atom stereocenters. The van der Waals surface area contributed by atoms with Crippen molar-refractivity contribution in [3.8, 4) is 0 Å². The van der Waals surface area contributed by atoms with E-state index in [0.717, 1.165) is 23.5 Å². The summed E-state index contributed by atoms with van der Waals surface area (Å²) >= 11 is 3.39. The van der Waals surface area contributed by atoms with Crippen LogP contribution in [0.3, 0.4) is 0 Å². The number of aromatic nitrogens is 1. The Morgan fingerprint density at radius 3 is 2.62 bits per heavy atom. The zero-order valence-corrected chi connectivity index (χ0v) is 9.13. The van der Waals surface area contributed by atoms with E-state index in [1.165, 1.54) is 19.3 Å². The van der Waals surface area contributed by atoms with Crippen LogP contribution in [-0.2, 0) is 0 Å². The number of hydrogen-bond acceptors (Lipinski definition) is 2. The molecule has 0 aromatic carbocycles. The SMILES string of the molecule is Brc1cccc(N2CCCCC2)n1. The van der Waals surface area contributed by atoms with Gasteiger partial charge in [0.05, 0.1) is 0 Å². The molecular weight excluding hydrogens is 228 g/mol. The lowest BCUT2D eigenvalue weighted by Gasteiger charge is -2.27. The minimum atomic E-state index is 0.926. The molecule has 1 fully saturated rings. The Bertz CT molecular complexity index is 282. The van der Waals surface area contributed by atoms with Crippen LogP contribution in [-0.4, -0.2) is 18.1 Å². The van der Waals surface area contributed by atoms with Gasteiger partial charge in [0.2, 0.25) is 0 Å². The zero-order chi connectivity index (χ0) is 9.10. The molecule has 13 heavy (non-hydrogen) atoms. The van der Waals surface area contributed by atoms with Crippen molar-refractivity contribution in [2.45, 2.75) is 19.3 Å². The lowest BCUT2D eigenvalue weighted by atomic mass is 10.1. The first kappa shape index (κ1) is 9.00. The number of pyridine rings is 1. The summed E-state index contributed by atoms with van der Waals surface area (Å²) in [6.07, 6.45) is 3.97. The molecule has 1 saturated heterocycles. The van der Waals surface area contributed by atoms with Crippen molar-refractivity contribution in [2.75, 3.05) is 18.0 Å². The van der Waals surface area contributed by atoms with Gasteiger partial charge in [-0.05, 0) is 47.3 Å². The molecule has 0 saturated carbocycles. The molecular formula is C10H13BrN2. The first-order valence-electron chi connectivity index (χ1n) is 4.74. The first-order chi connectivity index (χ1) is 6.36. The second-order valence-electron chi connectivity index (χ2n) is 3.37. The molecule has 2 rings (SSSR count). The third-order valence-electron chi connectivity index (χ3n) is 2.38. The van der Waals surface area contributed by atoms with Crippen molar-refractivity contribution >= 4 is 21.7 Å². The zero-order valence-electron chi connectivity index (χ0n) is 7.54. The number of rotatable bonds is 1. The quantitative estimate of drug-likeness (QED) is 0.703. The van der Waals surface area contributed by atoms with Crippen LogP contribution in [0.2, 0.25) is 0 Å². The van der Waals surface area contributed by atoms with Crippen LogP contribution in [0.5, 0.6) is 0 Å². The smallest absolute Gasteiger partial charge is 0.129 e. The molecule has 0 unspecified atom stereocenters. The largest absolute Gasteiger partial charge is 0.357 e. The Morgan fingerprint density at radius 1 is 1.15 bits per heavy atom. The van der Waals surface area contributed by atoms with Gasteiger partial charge in [-0.2, -0.15) is 0 Å². The fraction of sp³-hybridized carbons (Fsp3) is 0.500. The second-order valence-corrected chi connectivity index (χ2v) is 4.18. The predicted molar refractivity (Wildman–Crippen MR) is 58.0 cm³/mol. The number of halogens is 1. The molecule has 1 aromatic rings. The third-order valence-corrected chi connectivity index (χ3v) is 2.82. The van der Waals surface area contributed by atoms with Crippen LogP contribution < -0.4 is 4.90 Å². The first-order valence-corrected chi connectivity index (χ1v) is 5.53. The van der Waals surface area contributed by atoms with Crippen LogP contribution >= 0.6 is 15.9 Å². The van der Waals surface area contributed by atoms with Gasteiger partial charge in [-0.15, -0.1) is 0 Å². The fourth-order valence-electron chi connectivity index (χ4n) is 1.70. The van der Waals surface area contributed by atoms with Crippen LogP contribution in [0, 0.1) is 0 Å². The van der Waals surface area contributed by atoms with E-state index in [2.05, 4.69) is 31.9 Å². The molecule has 3 heteroatoms. The Kier molecular flexibility index (Phi) is 2.83. The Labute approximate surface area is 87.1 Å². The van der Waals surface area contributed by atoms with Gasteiger partial charge in [-0.1, -0.05) is 6.07 Å². The monoisotopic (exact) mass is 240 g/mol. The molecule has 2 nitrogen and oxygen atoms in total. The Hall–Kier alpha value is -0.570. The summed E-state index contributed by atoms with van der Waals surface area (Å²) < 4.78 is 0.926. The van der Waals surface area contributed by atoms with Crippen LogP contribution in [0.4, 0.5) is 5.82 Å². The maximum Gasteiger partial charge on any atom is 0.129 e. The van der Waals surface area contributed by atoms with Gasteiger partial charge >= 0.3 is 0 Å². The highest BCUT2D eigenvalue weighted by Gasteiger charge is 2.11. The van der Waals surface area contributed by atoms with Crippen molar-refractivity contribution in [3.63, 3.8) is 0 Å². The van der Waals surface area contributed by atoms with Crippen molar-refractivity contribution in [1.82, 2.24) is 4.98 Å². The molecule has 0 N–H and O–H groups in total. The van der Waals surface area contributed by atoms with Gasteiger partial charge in [0.15, 0.2) is 0 Å². The van der Waals surface area contributed by atoms with E-state index in [0.29, 0.717) is 0 Å². The van der Waals surface area contributed by atoms with E-state index in [9.17, 15) is 0 Å². The summed E-state index contributed by atoms with van der Waals surface area (Å²) in [6.45, 7) is 2.31. The van der Waals surface area contributed by atoms with Crippen molar-refractivity contribution < 1.29 is 0 Å². The van der Waals surface area contributed by atoms with Gasteiger partial charge in [0.25, 0.3) is 0 Å². The summed E-state index contributed by atoms with van der Waals surface area (Å²) in [7, 11) is 0. The topological polar surface area (TPSA) is 16.1 Å². The summed E-state index contributed by atoms with van der Waals surface area (Å²) in [5.41, 5.74) is 0. The maximum atomic E-state index is 4.44. The highest BCUT2D eigenvalue weighted by molar-refractivity contribution is 9.10. The van der Waals surface area contributed by atoms with Crippen LogP contribution in [0.25, 0.3) is 0 Å². The van der Waals surface area contributed by atoms with Gasteiger partial charge in [-0.25, -0.2) is 4.98 Å². The molecule has 0 radical (unpaired) electrons. The van der Waals surface area contributed by atoms with E-state index in [1.807, 2.05) is 12.1 Å². The lowest BCUT2D eigenvalue weighted by Crippen LogP contribution is -2.30. The number of piperidine rings is 1. The summed E-state index contributed by atoms with van der Waals surface area (Å²) in [6, 6.07) is 6.09. The Balaban J connectivity index is 2.14. The van der Waals surface area contributed by atoms with E-state index < -0.39 is 0 Å². The Morgan fingerprint density at radius 2 is 1.92 bits per heavy atom. The van der Waals surface area contributed by atoms with Gasteiger partial charge in [0.1, 0.15) is 10.4 Å². The minimum Gasteiger partial charge on any atom is -0.357 e. The summed E-state index contributed by atoms with van der Waals surface area (Å²) in [5, 5.41) is 0. The highest BCUT2D eigenvalue weighted by Crippen LogP contribution is 2.19. The van der Waals surface area contributed by atoms with Crippen LogP contribution in [0.15, 0.2) is 22.8 Å². The minimum absolute atomic E-state index is 0.926. The van der Waals surface area contributed by atoms with E-state index >= 15 is 0 Å². The molecule has 70 valence electrons. The number of hydrogen-bond donors (Lipinski definition) is 0. The summed E-state index contributed by atoms with van der Waals surface area (Å²) in [4.78, 5) is 6.79. The van der Waals surface area contributed by atoms with E-state index in [4.69, 9.17) is 0 Å². The van der Waals surface area contributed by atoms with E-state index in [-0.39, 0.29) is 0 Å². The van der Waals surface area contributed by atoms with Crippen molar-refractivity contribution in [3.05, 3.63) is 22.8 Å². The number of nitrogens with zero attached hydrogens (tertiary/aromatic N) is 2. The predicted octanol–water partition coefficient (Wildman–Crippen LogP) is 2.83. The van der Waals surface area contributed by atoms with Crippen molar-refractivity contribution in [1.29, 1.82) is 0 Å². The molecule has 1 aliphatic rings. The van der Waals surface area contributed by atoms with Crippen molar-refractivity contribution in [2.24, 2.45) is 0 Å². The number of anilines is 1. The molecule has 2 heterocycles. The highest BCUT2D eigenvalue weighted by atomic mass is 79.9. The van der Waals surface area contributed by atoms with Gasteiger partial charge in [0, 0.05) is 13.1 Å². The van der Waals surface area contributed by atoms with Gasteiger partial charge < -0.3 is 4.90 Å². The summed E-state index contributed by atoms with van der Waals surface area (Å²) in [5.74, 6) is 1.11. The average Bonchev–Trinajstić information content (AvgIpc) is 2.19. The molecule has 1 aliphatic heterocycles. The van der Waals surface area contributed by atoms with E-state index in [1.54, 1.807) is 0 Å². The third kappa shape index (κ3) is 2.21. The lowest BCUT2D eigenvalue weighted by molar-refractivity contribution is 0.573. The molecule has 0 spiro atoms. The molecule has 0 amide bonds. The second kappa shape index (κ2) is 4.09. The van der Waals surface area contributed by atoms with Gasteiger partial charge in [-0.3, -0.25) is 0 Å². The molecule has 0 bridgehead atoms. The molecule has 0 aliphatic carbocycles. The average molecular weight is 241 g/mol. The standard InChI is InChI=1S/C10H13BrN2/c11-9-5-4-6-10(12-9)13-7-2-1-3-8-13/h4-6H,1-3,7-8H2. The fourth-order valence-corrected chi connectivity index (χ4v) is 2.03. The molecule has 1 aromatic heterocycles. The van der Waals surface area contributed by atoms with Crippen LogP contribution in [0.1, 0.15) is 19.3 Å². The maximum absolute atomic E-state index is 4.44. The normalized spacial score (nSPS) is 17.5.